The van der Waals surface area contributed by atoms with E-state index in [1.807, 2.05) is 24.9 Å². The van der Waals surface area contributed by atoms with Crippen LogP contribution in [-0.2, 0) is 6.42 Å². The van der Waals surface area contributed by atoms with Crippen LogP contribution in [0.3, 0.4) is 0 Å². The Morgan fingerprint density at radius 3 is 2.71 bits per heavy atom. The molecular formula is C12H14FN. The Kier molecular flexibility index (Phi) is 2.06. The van der Waals surface area contributed by atoms with Crippen LogP contribution in [0.1, 0.15) is 18.1 Å². The van der Waals surface area contributed by atoms with Crippen molar-refractivity contribution in [3.05, 3.63) is 40.8 Å². The molecule has 2 heteroatoms. The maximum absolute atomic E-state index is 13.3. The summed E-state index contributed by atoms with van der Waals surface area (Å²) >= 11 is 0. The molecule has 74 valence electrons. The maximum atomic E-state index is 13.3. The zero-order chi connectivity index (χ0) is 10.3. The van der Waals surface area contributed by atoms with Gasteiger partial charge in [-0.05, 0) is 37.5 Å². The molecule has 0 N–H and O–H groups in total. The van der Waals surface area contributed by atoms with Crippen LogP contribution in [0.4, 0.5) is 10.1 Å². The number of hydrogen-bond acceptors (Lipinski definition) is 1. The molecular weight excluding hydrogens is 177 g/mol. The monoisotopic (exact) mass is 191 g/mol. The van der Waals surface area contributed by atoms with Crippen molar-refractivity contribution in [1.82, 2.24) is 0 Å². The summed E-state index contributed by atoms with van der Waals surface area (Å²) < 4.78 is 13.3. The molecule has 1 aromatic rings. The third-order valence-corrected chi connectivity index (χ3v) is 2.62. The van der Waals surface area contributed by atoms with Gasteiger partial charge in [0.15, 0.2) is 0 Å². The molecule has 0 spiro atoms. The fraction of sp³-hybridized carbons (Fsp3) is 0.333. The fourth-order valence-corrected chi connectivity index (χ4v) is 1.95. The molecule has 0 atom stereocenters. The van der Waals surface area contributed by atoms with Gasteiger partial charge >= 0.3 is 0 Å². The van der Waals surface area contributed by atoms with Gasteiger partial charge in [-0.1, -0.05) is 11.6 Å². The SMILES string of the molecule is CC1=CN(C)c2cc(F)c(C)cc2C1. The topological polar surface area (TPSA) is 3.24 Å². The van der Waals surface area contributed by atoms with E-state index in [1.54, 1.807) is 6.07 Å². The fourth-order valence-electron chi connectivity index (χ4n) is 1.95. The van der Waals surface area contributed by atoms with E-state index in [-0.39, 0.29) is 5.82 Å². The minimum absolute atomic E-state index is 0.122. The second-order valence-electron chi connectivity index (χ2n) is 3.99. The summed E-state index contributed by atoms with van der Waals surface area (Å²) in [7, 11) is 1.95. The summed E-state index contributed by atoms with van der Waals surface area (Å²) in [5, 5.41) is 0. The molecule has 0 saturated carbocycles. The number of nitrogens with zero attached hydrogens (tertiary/aromatic N) is 1. The van der Waals surface area contributed by atoms with Gasteiger partial charge in [-0.3, -0.25) is 0 Å². The van der Waals surface area contributed by atoms with Crippen molar-refractivity contribution in [2.24, 2.45) is 0 Å². The maximum Gasteiger partial charge on any atom is 0.128 e. The van der Waals surface area contributed by atoms with E-state index in [0.29, 0.717) is 0 Å². The van der Waals surface area contributed by atoms with Crippen LogP contribution in [0.5, 0.6) is 0 Å². The summed E-state index contributed by atoms with van der Waals surface area (Å²) in [5.74, 6) is -0.122. The number of anilines is 1. The van der Waals surface area contributed by atoms with Gasteiger partial charge in [-0.2, -0.15) is 0 Å². The summed E-state index contributed by atoms with van der Waals surface area (Å²) in [6.45, 7) is 3.90. The lowest BCUT2D eigenvalue weighted by Gasteiger charge is -2.25. The van der Waals surface area contributed by atoms with Gasteiger partial charge in [0.1, 0.15) is 5.82 Å². The molecule has 0 amide bonds. The molecule has 1 heterocycles. The predicted molar refractivity (Wildman–Crippen MR) is 57.0 cm³/mol. The first-order valence-corrected chi connectivity index (χ1v) is 4.77. The normalized spacial score (nSPS) is 15.1. The summed E-state index contributed by atoms with van der Waals surface area (Å²) in [4.78, 5) is 1.98. The highest BCUT2D eigenvalue weighted by Gasteiger charge is 2.14. The molecule has 0 aromatic heterocycles. The quantitative estimate of drug-likeness (QED) is 0.609. The van der Waals surface area contributed by atoms with Gasteiger partial charge in [-0.15, -0.1) is 0 Å². The molecule has 0 radical (unpaired) electrons. The Bertz CT molecular complexity index is 407. The Labute approximate surface area is 83.9 Å². The first-order valence-electron chi connectivity index (χ1n) is 4.77. The molecule has 2 rings (SSSR count). The largest absolute Gasteiger partial charge is 0.351 e. The molecule has 0 unspecified atom stereocenters. The molecule has 0 saturated heterocycles. The van der Waals surface area contributed by atoms with Gasteiger partial charge < -0.3 is 4.90 Å². The second kappa shape index (κ2) is 3.12. The number of aryl methyl sites for hydroxylation is 1. The summed E-state index contributed by atoms with van der Waals surface area (Å²) in [6.07, 6.45) is 2.98. The van der Waals surface area contributed by atoms with E-state index >= 15 is 0 Å². The summed E-state index contributed by atoms with van der Waals surface area (Å²) in [6, 6.07) is 3.56. The van der Waals surface area contributed by atoms with Crippen molar-refractivity contribution in [1.29, 1.82) is 0 Å². The Morgan fingerprint density at radius 1 is 1.29 bits per heavy atom. The van der Waals surface area contributed by atoms with Crippen LogP contribution in [0.2, 0.25) is 0 Å². The van der Waals surface area contributed by atoms with Crippen molar-refractivity contribution in [2.45, 2.75) is 20.3 Å². The minimum atomic E-state index is -0.122. The van der Waals surface area contributed by atoms with E-state index in [0.717, 1.165) is 17.7 Å². The number of allylic oxidation sites excluding steroid dienone is 1. The molecule has 1 nitrogen and oxygen atoms in total. The highest BCUT2D eigenvalue weighted by Crippen LogP contribution is 2.29. The predicted octanol–water partition coefficient (Wildman–Crippen LogP) is 3.03. The van der Waals surface area contributed by atoms with E-state index in [4.69, 9.17) is 0 Å². The molecule has 14 heavy (non-hydrogen) atoms. The van der Waals surface area contributed by atoms with E-state index < -0.39 is 0 Å². The van der Waals surface area contributed by atoms with Crippen LogP contribution >= 0.6 is 0 Å². The molecule has 1 aromatic carbocycles. The number of halogens is 1. The van der Waals surface area contributed by atoms with Crippen molar-refractivity contribution in [3.63, 3.8) is 0 Å². The number of rotatable bonds is 0. The molecule has 1 aliphatic heterocycles. The van der Waals surface area contributed by atoms with Gasteiger partial charge in [0.2, 0.25) is 0 Å². The molecule has 0 aliphatic carbocycles. The van der Waals surface area contributed by atoms with Crippen LogP contribution in [0.15, 0.2) is 23.9 Å². The van der Waals surface area contributed by atoms with Gasteiger partial charge in [0.25, 0.3) is 0 Å². The molecule has 0 fully saturated rings. The third-order valence-electron chi connectivity index (χ3n) is 2.62. The van der Waals surface area contributed by atoms with Gasteiger partial charge in [-0.25, -0.2) is 4.39 Å². The standard InChI is InChI=1S/C12H14FN/c1-8-4-10-5-9(2)11(13)6-12(10)14(3)7-8/h5-7H,4H2,1-3H3. The average Bonchev–Trinajstić information content (AvgIpc) is 2.08. The number of fused-ring (bicyclic) bond motifs is 1. The lowest BCUT2D eigenvalue weighted by Crippen LogP contribution is -2.16. The zero-order valence-electron chi connectivity index (χ0n) is 8.76. The number of benzene rings is 1. The van der Waals surface area contributed by atoms with Crippen molar-refractivity contribution in [2.75, 3.05) is 11.9 Å². The Balaban J connectivity index is 2.55. The van der Waals surface area contributed by atoms with Crippen molar-refractivity contribution >= 4 is 5.69 Å². The molecule has 1 aliphatic rings. The van der Waals surface area contributed by atoms with E-state index in [1.165, 1.54) is 11.1 Å². The van der Waals surface area contributed by atoms with Crippen LogP contribution in [0, 0.1) is 12.7 Å². The van der Waals surface area contributed by atoms with E-state index in [9.17, 15) is 4.39 Å². The Hall–Kier alpha value is -1.31. The van der Waals surface area contributed by atoms with Crippen LogP contribution in [0.25, 0.3) is 0 Å². The average molecular weight is 191 g/mol. The van der Waals surface area contributed by atoms with Crippen molar-refractivity contribution in [3.8, 4) is 0 Å². The smallest absolute Gasteiger partial charge is 0.128 e. The lowest BCUT2D eigenvalue weighted by molar-refractivity contribution is 0.617. The minimum Gasteiger partial charge on any atom is -0.351 e. The van der Waals surface area contributed by atoms with E-state index in [2.05, 4.69) is 13.1 Å². The van der Waals surface area contributed by atoms with Crippen LogP contribution < -0.4 is 4.90 Å². The first-order chi connectivity index (χ1) is 6.58. The highest BCUT2D eigenvalue weighted by atomic mass is 19.1. The molecule has 0 bridgehead atoms. The Morgan fingerprint density at radius 2 is 2.00 bits per heavy atom. The zero-order valence-corrected chi connectivity index (χ0v) is 8.76. The highest BCUT2D eigenvalue weighted by molar-refractivity contribution is 5.60. The third kappa shape index (κ3) is 1.41. The second-order valence-corrected chi connectivity index (χ2v) is 3.99. The summed E-state index contributed by atoms with van der Waals surface area (Å²) in [5.41, 5.74) is 4.24. The van der Waals surface area contributed by atoms with Crippen LogP contribution in [-0.4, -0.2) is 7.05 Å². The first kappa shape index (κ1) is 9.25. The van der Waals surface area contributed by atoms with Gasteiger partial charge in [0, 0.05) is 18.9 Å². The lowest BCUT2D eigenvalue weighted by atomic mass is 9.99. The van der Waals surface area contributed by atoms with Gasteiger partial charge in [0.05, 0.1) is 0 Å². The number of hydrogen-bond donors (Lipinski definition) is 0. The van der Waals surface area contributed by atoms with Crippen molar-refractivity contribution < 1.29 is 4.39 Å².